The Kier molecular flexibility index (Phi) is 6.74. The van der Waals surface area contributed by atoms with Crippen molar-refractivity contribution in [1.82, 2.24) is 4.90 Å². The Hall–Kier alpha value is -1.55. The standard InChI is InChI=1S/C21H32N2O2/c1-2-7-18-16-21(24)23(17-18)19-8-10-20(11-9-19)25-15-6-14-22-12-4-3-5-13-22/h8-11,18H,2-7,12-17H2,1H3/t18-/m1/s1. The third-order valence-electron chi connectivity index (χ3n) is 5.39. The maximum atomic E-state index is 12.2. The van der Waals surface area contributed by atoms with Crippen LogP contribution < -0.4 is 9.64 Å². The quantitative estimate of drug-likeness (QED) is 0.666. The lowest BCUT2D eigenvalue weighted by Crippen LogP contribution is -2.31. The minimum atomic E-state index is 0.258. The number of rotatable bonds is 8. The fraction of sp³-hybridized carbons (Fsp3) is 0.667. The molecule has 4 nitrogen and oxygen atoms in total. The highest BCUT2D eigenvalue weighted by Gasteiger charge is 2.29. The number of benzene rings is 1. The number of ether oxygens (including phenoxy) is 1. The molecule has 0 aromatic heterocycles. The molecule has 138 valence electrons. The summed E-state index contributed by atoms with van der Waals surface area (Å²) in [5.41, 5.74) is 1.00. The molecule has 4 heteroatoms. The minimum Gasteiger partial charge on any atom is -0.494 e. The molecule has 2 saturated heterocycles. The lowest BCUT2D eigenvalue weighted by atomic mass is 10.0. The van der Waals surface area contributed by atoms with Gasteiger partial charge in [-0.2, -0.15) is 0 Å². The van der Waals surface area contributed by atoms with E-state index < -0.39 is 0 Å². The molecule has 0 saturated carbocycles. The molecule has 0 aliphatic carbocycles. The van der Waals surface area contributed by atoms with E-state index in [1.807, 2.05) is 29.2 Å². The van der Waals surface area contributed by atoms with Crippen molar-refractivity contribution in [1.29, 1.82) is 0 Å². The minimum absolute atomic E-state index is 0.258. The van der Waals surface area contributed by atoms with Crippen LogP contribution in [-0.2, 0) is 4.79 Å². The molecule has 1 aromatic rings. The molecule has 2 aliphatic heterocycles. The Morgan fingerprint density at radius 1 is 1.12 bits per heavy atom. The summed E-state index contributed by atoms with van der Waals surface area (Å²) in [5.74, 6) is 1.68. The van der Waals surface area contributed by atoms with Gasteiger partial charge in [-0.15, -0.1) is 0 Å². The number of amides is 1. The van der Waals surface area contributed by atoms with Crippen molar-refractivity contribution < 1.29 is 9.53 Å². The van der Waals surface area contributed by atoms with E-state index >= 15 is 0 Å². The SMILES string of the molecule is CCC[C@@H]1CC(=O)N(c2ccc(OCCCN3CCCCC3)cc2)C1. The smallest absolute Gasteiger partial charge is 0.227 e. The molecule has 2 heterocycles. The lowest BCUT2D eigenvalue weighted by Gasteiger charge is -2.26. The van der Waals surface area contributed by atoms with E-state index in [1.165, 1.54) is 32.4 Å². The van der Waals surface area contributed by atoms with Crippen molar-refractivity contribution in [3.63, 3.8) is 0 Å². The first kappa shape index (κ1) is 18.2. The number of likely N-dealkylation sites (tertiary alicyclic amines) is 1. The molecule has 25 heavy (non-hydrogen) atoms. The van der Waals surface area contributed by atoms with Gasteiger partial charge in [-0.1, -0.05) is 19.8 Å². The van der Waals surface area contributed by atoms with Crippen molar-refractivity contribution in [3.05, 3.63) is 24.3 Å². The van der Waals surface area contributed by atoms with Crippen molar-refractivity contribution in [2.24, 2.45) is 5.92 Å². The summed E-state index contributed by atoms with van der Waals surface area (Å²) < 4.78 is 5.87. The first-order valence-corrected chi connectivity index (χ1v) is 10.0. The highest BCUT2D eigenvalue weighted by Crippen LogP contribution is 2.28. The highest BCUT2D eigenvalue weighted by molar-refractivity contribution is 5.95. The Morgan fingerprint density at radius 2 is 1.88 bits per heavy atom. The fourth-order valence-corrected chi connectivity index (χ4v) is 4.02. The molecular weight excluding hydrogens is 312 g/mol. The van der Waals surface area contributed by atoms with Crippen LogP contribution in [-0.4, -0.2) is 43.6 Å². The molecule has 0 radical (unpaired) electrons. The number of nitrogens with zero attached hydrogens (tertiary/aromatic N) is 2. The van der Waals surface area contributed by atoms with E-state index in [0.29, 0.717) is 12.3 Å². The van der Waals surface area contributed by atoms with Crippen LogP contribution in [0.1, 0.15) is 51.9 Å². The van der Waals surface area contributed by atoms with Crippen molar-refractivity contribution in [3.8, 4) is 5.75 Å². The average Bonchev–Trinajstić information content (AvgIpc) is 3.01. The van der Waals surface area contributed by atoms with Crippen LogP contribution in [0.2, 0.25) is 0 Å². The number of hydrogen-bond donors (Lipinski definition) is 0. The molecule has 0 bridgehead atoms. The number of carbonyl (C=O) groups is 1. The molecule has 0 unspecified atom stereocenters. The average molecular weight is 344 g/mol. The van der Waals surface area contributed by atoms with Gasteiger partial charge in [0.1, 0.15) is 5.75 Å². The first-order valence-electron chi connectivity index (χ1n) is 10.0. The van der Waals surface area contributed by atoms with Crippen LogP contribution in [0, 0.1) is 5.92 Å². The van der Waals surface area contributed by atoms with Crippen molar-refractivity contribution in [2.75, 3.05) is 37.7 Å². The van der Waals surface area contributed by atoms with Crippen molar-refractivity contribution >= 4 is 11.6 Å². The number of hydrogen-bond acceptors (Lipinski definition) is 3. The van der Waals surface area contributed by atoms with Gasteiger partial charge in [-0.3, -0.25) is 4.79 Å². The summed E-state index contributed by atoms with van der Waals surface area (Å²) in [6.07, 6.45) is 8.13. The van der Waals surface area contributed by atoms with E-state index in [-0.39, 0.29) is 5.91 Å². The third-order valence-corrected chi connectivity index (χ3v) is 5.39. The molecular formula is C21H32N2O2. The van der Waals surface area contributed by atoms with Gasteiger partial charge < -0.3 is 14.5 Å². The Balaban J connectivity index is 1.42. The van der Waals surface area contributed by atoms with Gasteiger partial charge in [-0.05, 0) is 69.0 Å². The monoisotopic (exact) mass is 344 g/mol. The van der Waals surface area contributed by atoms with E-state index in [9.17, 15) is 4.79 Å². The summed E-state index contributed by atoms with van der Waals surface area (Å²) in [4.78, 5) is 16.7. The normalized spacial score (nSPS) is 21.7. The Morgan fingerprint density at radius 3 is 2.60 bits per heavy atom. The van der Waals surface area contributed by atoms with E-state index in [4.69, 9.17) is 4.74 Å². The number of anilines is 1. The van der Waals surface area contributed by atoms with E-state index in [0.717, 1.165) is 50.4 Å². The highest BCUT2D eigenvalue weighted by atomic mass is 16.5. The van der Waals surface area contributed by atoms with Crippen LogP contribution in [0.15, 0.2) is 24.3 Å². The van der Waals surface area contributed by atoms with Crippen LogP contribution in [0.25, 0.3) is 0 Å². The van der Waals surface area contributed by atoms with Gasteiger partial charge in [0, 0.05) is 25.2 Å². The van der Waals surface area contributed by atoms with Crippen LogP contribution in [0.4, 0.5) is 5.69 Å². The molecule has 2 fully saturated rings. The second-order valence-electron chi connectivity index (χ2n) is 7.46. The summed E-state index contributed by atoms with van der Waals surface area (Å²) >= 11 is 0. The molecule has 1 amide bonds. The number of piperidine rings is 1. The molecule has 0 N–H and O–H groups in total. The van der Waals surface area contributed by atoms with Crippen LogP contribution in [0.5, 0.6) is 5.75 Å². The topological polar surface area (TPSA) is 32.8 Å². The summed E-state index contributed by atoms with van der Waals surface area (Å²) in [6, 6.07) is 8.03. The molecule has 0 spiro atoms. The second-order valence-corrected chi connectivity index (χ2v) is 7.46. The van der Waals surface area contributed by atoms with Gasteiger partial charge in [0.15, 0.2) is 0 Å². The molecule has 1 atom stereocenters. The zero-order valence-corrected chi connectivity index (χ0v) is 15.6. The van der Waals surface area contributed by atoms with Gasteiger partial charge in [-0.25, -0.2) is 0 Å². The molecule has 1 aromatic carbocycles. The Labute approximate surface area is 152 Å². The fourth-order valence-electron chi connectivity index (χ4n) is 4.02. The zero-order chi connectivity index (χ0) is 17.5. The van der Waals surface area contributed by atoms with E-state index in [1.54, 1.807) is 0 Å². The summed E-state index contributed by atoms with van der Waals surface area (Å²) in [7, 11) is 0. The maximum absolute atomic E-state index is 12.2. The second kappa shape index (κ2) is 9.23. The first-order chi connectivity index (χ1) is 12.3. The van der Waals surface area contributed by atoms with Crippen molar-refractivity contribution in [2.45, 2.75) is 51.9 Å². The predicted molar refractivity (Wildman–Crippen MR) is 102 cm³/mol. The molecule has 3 rings (SSSR count). The number of carbonyl (C=O) groups excluding carboxylic acids is 1. The summed E-state index contributed by atoms with van der Waals surface area (Å²) in [5, 5.41) is 0. The predicted octanol–water partition coefficient (Wildman–Crippen LogP) is 4.09. The zero-order valence-electron chi connectivity index (χ0n) is 15.6. The van der Waals surface area contributed by atoms with Crippen LogP contribution >= 0.6 is 0 Å². The van der Waals surface area contributed by atoms with Crippen LogP contribution in [0.3, 0.4) is 0 Å². The Bertz CT molecular complexity index is 537. The lowest BCUT2D eigenvalue weighted by molar-refractivity contribution is -0.117. The van der Waals surface area contributed by atoms with Gasteiger partial charge >= 0.3 is 0 Å². The van der Waals surface area contributed by atoms with Gasteiger partial charge in [0.25, 0.3) is 0 Å². The van der Waals surface area contributed by atoms with Gasteiger partial charge in [0.05, 0.1) is 6.61 Å². The largest absolute Gasteiger partial charge is 0.494 e. The third kappa shape index (κ3) is 5.21. The van der Waals surface area contributed by atoms with Gasteiger partial charge in [0.2, 0.25) is 5.91 Å². The molecule has 2 aliphatic rings. The maximum Gasteiger partial charge on any atom is 0.227 e. The van der Waals surface area contributed by atoms with E-state index in [2.05, 4.69) is 11.8 Å². The summed E-state index contributed by atoms with van der Waals surface area (Å²) in [6.45, 7) is 7.44.